The first-order valence-corrected chi connectivity index (χ1v) is 11.4. The molecule has 166 valence electrons. The number of rotatable bonds is 9. The Labute approximate surface area is 214 Å². The number of carboxylic acid groups (broad SMARTS) is 1. The van der Waals surface area contributed by atoms with Crippen molar-refractivity contribution in [2.45, 2.75) is 22.3 Å². The van der Waals surface area contributed by atoms with Gasteiger partial charge in [0.25, 0.3) is 0 Å². The van der Waals surface area contributed by atoms with Crippen LogP contribution in [0.1, 0.15) is 33.2 Å². The molecule has 7 nitrogen and oxygen atoms in total. The van der Waals surface area contributed by atoms with Gasteiger partial charge >= 0.3 is 35.5 Å². The van der Waals surface area contributed by atoms with Crippen molar-refractivity contribution in [2.24, 2.45) is 0 Å². The molecule has 0 aliphatic heterocycles. The van der Waals surface area contributed by atoms with E-state index < -0.39 is 21.9 Å². The van der Waals surface area contributed by atoms with Crippen molar-refractivity contribution in [1.29, 1.82) is 5.26 Å². The van der Waals surface area contributed by atoms with Gasteiger partial charge in [-0.1, -0.05) is 24.3 Å². The Balaban J connectivity index is 0.00000385. The molecular weight excluding hydrogens is 451 g/mol. The fourth-order valence-electron chi connectivity index (χ4n) is 3.15. The molecule has 0 unspecified atom stereocenters. The number of nitrogens with zero attached hydrogens (tertiary/aromatic N) is 1. The van der Waals surface area contributed by atoms with Gasteiger partial charge in [-0.05, 0) is 72.6 Å². The Bertz CT molecular complexity index is 1240. The van der Waals surface area contributed by atoms with Crippen LogP contribution in [0.25, 0.3) is 0 Å². The van der Waals surface area contributed by atoms with E-state index in [0.717, 1.165) is 5.56 Å². The Morgan fingerprint density at radius 3 is 2.18 bits per heavy atom. The van der Waals surface area contributed by atoms with E-state index in [1.807, 2.05) is 6.07 Å². The molecule has 0 fully saturated rings. The van der Waals surface area contributed by atoms with Crippen molar-refractivity contribution >= 4 is 45.4 Å². The summed E-state index contributed by atoms with van der Waals surface area (Å²) in [6.07, 6.45) is -0.0955. The van der Waals surface area contributed by atoms with Crippen LogP contribution in [0.5, 0.6) is 0 Å². The number of nitriles is 1. The second kappa shape index (κ2) is 12.1. The van der Waals surface area contributed by atoms with Crippen LogP contribution in [-0.4, -0.2) is 67.2 Å². The quantitative estimate of drug-likeness (QED) is 0.321. The number of benzene rings is 3. The van der Waals surface area contributed by atoms with Gasteiger partial charge in [0.2, 0.25) is 9.84 Å². The molecule has 0 aliphatic rings. The molecule has 0 saturated carbocycles. The van der Waals surface area contributed by atoms with Crippen molar-refractivity contribution < 1.29 is 23.4 Å². The fraction of sp³-hybridized carbons (Fsp3) is 0.167. The van der Waals surface area contributed by atoms with Crippen LogP contribution in [0.2, 0.25) is 0 Å². The average molecular weight is 475 g/mol. The van der Waals surface area contributed by atoms with Gasteiger partial charge in [0.05, 0.1) is 33.1 Å². The molecule has 3 aromatic rings. The van der Waals surface area contributed by atoms with E-state index in [9.17, 15) is 18.3 Å². The van der Waals surface area contributed by atoms with Crippen molar-refractivity contribution in [1.82, 2.24) is 5.32 Å². The zero-order valence-electron chi connectivity index (χ0n) is 17.1. The van der Waals surface area contributed by atoms with E-state index in [1.165, 1.54) is 36.4 Å². The molecule has 3 rings (SSSR count). The molecule has 0 radical (unpaired) electrons. The van der Waals surface area contributed by atoms with Gasteiger partial charge in [0.15, 0.2) is 0 Å². The van der Waals surface area contributed by atoms with E-state index >= 15 is 0 Å². The zero-order valence-corrected chi connectivity index (χ0v) is 17.9. The molecule has 0 amide bonds. The van der Waals surface area contributed by atoms with Crippen LogP contribution in [0.15, 0.2) is 82.6 Å². The second-order valence-corrected chi connectivity index (χ2v) is 9.13. The molecular formula is C24H23N2NaO5S. The first kappa shape index (κ1) is 26.7. The summed E-state index contributed by atoms with van der Waals surface area (Å²) in [7, 11) is -3.74. The maximum atomic E-state index is 12.7. The van der Waals surface area contributed by atoms with Gasteiger partial charge in [0, 0.05) is 6.54 Å². The van der Waals surface area contributed by atoms with Gasteiger partial charge in [-0.25, -0.2) is 13.2 Å². The van der Waals surface area contributed by atoms with Crippen LogP contribution in [-0.2, 0) is 16.3 Å². The van der Waals surface area contributed by atoms with E-state index in [2.05, 4.69) is 5.32 Å². The summed E-state index contributed by atoms with van der Waals surface area (Å²) in [5, 5.41) is 31.3. The van der Waals surface area contributed by atoms with Crippen LogP contribution >= 0.6 is 0 Å². The predicted octanol–water partition coefficient (Wildman–Crippen LogP) is 2.31. The summed E-state index contributed by atoms with van der Waals surface area (Å²) >= 11 is 0. The molecule has 33 heavy (non-hydrogen) atoms. The summed E-state index contributed by atoms with van der Waals surface area (Å²) in [4.78, 5) is 11.1. The number of carboxylic acids is 1. The van der Waals surface area contributed by atoms with E-state index in [-0.39, 0.29) is 44.9 Å². The van der Waals surface area contributed by atoms with Gasteiger partial charge in [-0.3, -0.25) is 0 Å². The summed E-state index contributed by atoms with van der Waals surface area (Å²) in [6, 6.07) is 20.5. The van der Waals surface area contributed by atoms with E-state index in [0.29, 0.717) is 30.6 Å². The molecule has 9 heteroatoms. The molecule has 3 aromatic carbocycles. The van der Waals surface area contributed by atoms with Gasteiger partial charge in [-0.15, -0.1) is 0 Å². The summed E-state index contributed by atoms with van der Waals surface area (Å²) < 4.78 is 25.5. The molecule has 0 saturated heterocycles. The monoisotopic (exact) mass is 474 g/mol. The fourth-order valence-corrected chi connectivity index (χ4v) is 4.41. The third-order valence-corrected chi connectivity index (χ3v) is 6.76. The molecule has 0 aromatic heterocycles. The first-order chi connectivity index (χ1) is 15.3. The SMILES string of the molecule is N#Cc1cccc([C@H](O)CNCCc2ccc(S(=O)(=O)c3ccc(C(=O)O)cc3)cc2)c1.[NaH]. The normalized spacial score (nSPS) is 11.8. The van der Waals surface area contributed by atoms with Gasteiger partial charge in [-0.2, -0.15) is 5.26 Å². The first-order valence-electron chi connectivity index (χ1n) is 9.87. The summed E-state index contributed by atoms with van der Waals surface area (Å²) in [5.74, 6) is -1.12. The third kappa shape index (κ3) is 6.98. The number of sulfone groups is 1. The maximum absolute atomic E-state index is 12.7. The Kier molecular flexibility index (Phi) is 9.80. The summed E-state index contributed by atoms with van der Waals surface area (Å²) in [5.41, 5.74) is 2.12. The van der Waals surface area contributed by atoms with Crippen molar-refractivity contribution in [3.05, 3.63) is 95.1 Å². The Hall–Kier alpha value is -2.51. The van der Waals surface area contributed by atoms with Gasteiger partial charge < -0.3 is 15.5 Å². The molecule has 0 heterocycles. The van der Waals surface area contributed by atoms with E-state index in [1.54, 1.807) is 36.4 Å². The Morgan fingerprint density at radius 1 is 1.00 bits per heavy atom. The van der Waals surface area contributed by atoms with Crippen LogP contribution in [0, 0.1) is 11.3 Å². The second-order valence-electron chi connectivity index (χ2n) is 7.18. The number of aliphatic hydroxyl groups is 1. The Morgan fingerprint density at radius 2 is 1.61 bits per heavy atom. The third-order valence-electron chi connectivity index (χ3n) is 4.97. The van der Waals surface area contributed by atoms with Crippen molar-refractivity contribution in [3.8, 4) is 6.07 Å². The number of hydrogen-bond acceptors (Lipinski definition) is 6. The number of aliphatic hydroxyl groups excluding tert-OH is 1. The average Bonchev–Trinajstić information content (AvgIpc) is 2.82. The molecule has 1 atom stereocenters. The molecule has 3 N–H and O–H groups in total. The zero-order chi connectivity index (χ0) is 23.1. The molecule has 0 bridgehead atoms. The minimum atomic E-state index is -3.74. The predicted molar refractivity (Wildman–Crippen MR) is 125 cm³/mol. The van der Waals surface area contributed by atoms with Crippen LogP contribution in [0.3, 0.4) is 0 Å². The van der Waals surface area contributed by atoms with Crippen LogP contribution < -0.4 is 5.32 Å². The van der Waals surface area contributed by atoms with Crippen molar-refractivity contribution in [3.63, 3.8) is 0 Å². The standard InChI is InChI=1S/C24H22N2O5S.Na.H/c25-15-18-2-1-3-20(14-18)23(27)16-26-13-12-17-4-8-21(9-5-17)32(30,31)22-10-6-19(7-11-22)24(28)29;;/h1-11,14,23,26-27H,12-13,16H2,(H,28,29);;/t23-;;/m1../s1. The number of aromatic carboxylic acids is 1. The molecule has 0 spiro atoms. The topological polar surface area (TPSA) is 127 Å². The minimum absolute atomic E-state index is 0. The van der Waals surface area contributed by atoms with E-state index in [4.69, 9.17) is 10.4 Å². The molecule has 0 aliphatic carbocycles. The number of hydrogen-bond donors (Lipinski definition) is 3. The summed E-state index contributed by atoms with van der Waals surface area (Å²) in [6.45, 7) is 0.908. The number of carbonyl (C=O) groups is 1. The van der Waals surface area contributed by atoms with Crippen LogP contribution in [0.4, 0.5) is 0 Å². The van der Waals surface area contributed by atoms with Gasteiger partial charge in [0.1, 0.15) is 0 Å². The number of nitrogens with one attached hydrogen (secondary N) is 1. The van der Waals surface area contributed by atoms with Crippen molar-refractivity contribution in [2.75, 3.05) is 13.1 Å².